The van der Waals surface area contributed by atoms with E-state index in [1.54, 1.807) is 9.42 Å². The fraction of sp³-hybridized carbons (Fsp3) is 0.286. The summed E-state index contributed by atoms with van der Waals surface area (Å²) in [5.74, 6) is 0.567. The molecule has 0 N–H and O–H groups in total. The Kier molecular flexibility index (Phi) is 3.42. The Morgan fingerprint density at radius 3 is 2.81 bits per heavy atom. The Bertz CT molecular complexity index is 807. The highest BCUT2D eigenvalue weighted by Gasteiger charge is 2.21. The molecule has 0 aliphatic carbocycles. The number of aryl methyl sites for hydroxylation is 2. The van der Waals surface area contributed by atoms with Gasteiger partial charge < -0.3 is 4.90 Å². The van der Waals surface area contributed by atoms with Gasteiger partial charge in [0.15, 0.2) is 5.82 Å². The third-order valence-corrected chi connectivity index (χ3v) is 4.09. The molecule has 0 aliphatic heterocycles. The number of rotatable bonds is 3. The molecule has 0 aliphatic rings. The van der Waals surface area contributed by atoms with Gasteiger partial charge in [0.25, 0.3) is 5.91 Å². The van der Waals surface area contributed by atoms with Crippen LogP contribution in [-0.4, -0.2) is 32.3 Å². The molecule has 2 heterocycles. The molecule has 0 fully saturated rings. The van der Waals surface area contributed by atoms with Crippen molar-refractivity contribution in [1.29, 1.82) is 0 Å². The molecule has 1 aromatic carbocycles. The van der Waals surface area contributed by atoms with Gasteiger partial charge >= 0.3 is 0 Å². The van der Waals surface area contributed by atoms with Crippen LogP contribution >= 0.6 is 11.3 Å². The van der Waals surface area contributed by atoms with Gasteiger partial charge in [-0.1, -0.05) is 23.5 Å². The quantitative estimate of drug-likeness (QED) is 0.745. The fourth-order valence-electron chi connectivity index (χ4n) is 2.16. The van der Waals surface area contributed by atoms with Gasteiger partial charge in [-0.05, 0) is 38.5 Å². The van der Waals surface area contributed by atoms with E-state index in [0.717, 1.165) is 11.3 Å². The first-order valence-electron chi connectivity index (χ1n) is 6.67. The van der Waals surface area contributed by atoms with Gasteiger partial charge in [0.05, 0.1) is 0 Å². The summed E-state index contributed by atoms with van der Waals surface area (Å²) < 4.78 is 1.60. The van der Waals surface area contributed by atoms with E-state index >= 15 is 0 Å². The fourth-order valence-corrected chi connectivity index (χ4v) is 2.99. The van der Waals surface area contributed by atoms with Crippen molar-refractivity contribution in [1.82, 2.24) is 19.8 Å². The van der Waals surface area contributed by atoms with Crippen molar-refractivity contribution >= 4 is 27.9 Å². The Morgan fingerprint density at radius 1 is 1.33 bits per heavy atom. The summed E-state index contributed by atoms with van der Waals surface area (Å²) in [6.07, 6.45) is 0. The van der Waals surface area contributed by atoms with Crippen LogP contribution in [0.2, 0.25) is 0 Å². The maximum atomic E-state index is 12.7. The number of anilines is 1. The lowest BCUT2D eigenvalue weighted by Crippen LogP contribution is -2.30. The summed E-state index contributed by atoms with van der Waals surface area (Å²) in [5.41, 5.74) is 2.00. The summed E-state index contributed by atoms with van der Waals surface area (Å²) in [7, 11) is 0. The normalized spacial score (nSPS) is 11.0. The van der Waals surface area contributed by atoms with Gasteiger partial charge in [0, 0.05) is 12.2 Å². The second-order valence-corrected chi connectivity index (χ2v) is 5.69. The molecule has 108 valence electrons. The second kappa shape index (κ2) is 5.25. The van der Waals surface area contributed by atoms with Crippen LogP contribution in [0.1, 0.15) is 28.1 Å². The average molecular weight is 301 g/mol. The molecule has 2 aromatic heterocycles. The number of carbonyl (C=O) groups excluding carboxylic acids is 1. The number of aromatic nitrogens is 4. The third-order valence-electron chi connectivity index (χ3n) is 3.20. The highest BCUT2D eigenvalue weighted by molar-refractivity contribution is 7.18. The number of nitrogens with zero attached hydrogens (tertiary/aromatic N) is 5. The number of amides is 1. The van der Waals surface area contributed by atoms with Gasteiger partial charge in [-0.3, -0.25) is 4.79 Å². The number of hydrogen-bond donors (Lipinski definition) is 0. The lowest BCUT2D eigenvalue weighted by atomic mass is 10.2. The van der Waals surface area contributed by atoms with Crippen LogP contribution in [0.25, 0.3) is 4.96 Å². The topological polar surface area (TPSA) is 63.4 Å². The van der Waals surface area contributed by atoms with E-state index in [1.807, 2.05) is 45.0 Å². The van der Waals surface area contributed by atoms with Crippen molar-refractivity contribution in [2.24, 2.45) is 0 Å². The maximum Gasteiger partial charge on any atom is 0.289 e. The smallest absolute Gasteiger partial charge is 0.289 e. The van der Waals surface area contributed by atoms with Crippen molar-refractivity contribution in [3.8, 4) is 0 Å². The Hall–Kier alpha value is -2.28. The van der Waals surface area contributed by atoms with E-state index in [9.17, 15) is 4.79 Å². The van der Waals surface area contributed by atoms with Gasteiger partial charge in [-0.25, -0.2) is 0 Å². The largest absolute Gasteiger partial charge is 0.307 e. The molecule has 0 radical (unpaired) electrons. The zero-order chi connectivity index (χ0) is 15.0. The molecular formula is C14H15N5OS. The van der Waals surface area contributed by atoms with E-state index in [0.29, 0.717) is 22.3 Å². The van der Waals surface area contributed by atoms with Crippen LogP contribution in [0.15, 0.2) is 24.3 Å². The van der Waals surface area contributed by atoms with Gasteiger partial charge in [-0.15, -0.1) is 15.3 Å². The summed E-state index contributed by atoms with van der Waals surface area (Å²) in [6.45, 7) is 6.35. The van der Waals surface area contributed by atoms with E-state index in [4.69, 9.17) is 0 Å². The van der Waals surface area contributed by atoms with E-state index < -0.39 is 0 Å². The molecule has 0 saturated carbocycles. The SMILES string of the molecule is CCN(C(=O)c1nn2c(C)nnc2s1)c1cccc(C)c1. The molecule has 21 heavy (non-hydrogen) atoms. The molecule has 0 unspecified atom stereocenters. The Labute approximate surface area is 126 Å². The van der Waals surface area contributed by atoms with Crippen molar-refractivity contribution in [3.05, 3.63) is 40.7 Å². The molecule has 1 amide bonds. The van der Waals surface area contributed by atoms with E-state index in [1.165, 1.54) is 11.3 Å². The summed E-state index contributed by atoms with van der Waals surface area (Å²) in [4.78, 5) is 15.0. The van der Waals surface area contributed by atoms with Crippen molar-refractivity contribution < 1.29 is 4.79 Å². The highest BCUT2D eigenvalue weighted by atomic mass is 32.1. The van der Waals surface area contributed by atoms with Gasteiger partial charge in [0.2, 0.25) is 9.97 Å². The molecule has 3 aromatic rings. The number of hydrogen-bond acceptors (Lipinski definition) is 5. The molecule has 0 saturated heterocycles. The molecule has 0 spiro atoms. The van der Waals surface area contributed by atoms with Crippen LogP contribution in [0.4, 0.5) is 5.69 Å². The van der Waals surface area contributed by atoms with Crippen LogP contribution < -0.4 is 4.90 Å². The third kappa shape index (κ3) is 2.40. The lowest BCUT2D eigenvalue weighted by Gasteiger charge is -2.19. The van der Waals surface area contributed by atoms with E-state index in [2.05, 4.69) is 15.3 Å². The van der Waals surface area contributed by atoms with Gasteiger partial charge in [0.1, 0.15) is 0 Å². The van der Waals surface area contributed by atoms with Crippen LogP contribution in [0, 0.1) is 13.8 Å². The van der Waals surface area contributed by atoms with Crippen molar-refractivity contribution in [2.75, 3.05) is 11.4 Å². The van der Waals surface area contributed by atoms with Crippen molar-refractivity contribution in [2.45, 2.75) is 20.8 Å². The Balaban J connectivity index is 1.98. The van der Waals surface area contributed by atoms with Crippen LogP contribution in [0.3, 0.4) is 0 Å². The minimum Gasteiger partial charge on any atom is -0.307 e. The highest BCUT2D eigenvalue weighted by Crippen LogP contribution is 2.21. The summed E-state index contributed by atoms with van der Waals surface area (Å²) in [5, 5.41) is 12.6. The molecule has 0 atom stereocenters. The van der Waals surface area contributed by atoms with Gasteiger partial charge in [-0.2, -0.15) is 4.52 Å². The first-order valence-corrected chi connectivity index (χ1v) is 7.49. The molecule has 7 heteroatoms. The molecule has 0 bridgehead atoms. The minimum atomic E-state index is -0.113. The molecule has 6 nitrogen and oxygen atoms in total. The first kappa shape index (κ1) is 13.7. The standard InChI is InChI=1S/C14H15N5OS/c1-4-18(11-7-5-6-9(2)8-11)13(20)12-17-19-10(3)15-16-14(19)21-12/h5-8H,4H2,1-3H3. The Morgan fingerprint density at radius 2 is 2.14 bits per heavy atom. The number of benzene rings is 1. The number of fused-ring (bicyclic) bond motifs is 1. The monoisotopic (exact) mass is 301 g/mol. The maximum absolute atomic E-state index is 12.7. The zero-order valence-electron chi connectivity index (χ0n) is 12.1. The molecule has 3 rings (SSSR count). The molecular weight excluding hydrogens is 286 g/mol. The summed E-state index contributed by atoms with van der Waals surface area (Å²) in [6, 6.07) is 7.88. The first-order chi connectivity index (χ1) is 10.1. The number of carbonyl (C=O) groups is 1. The van der Waals surface area contributed by atoms with Crippen molar-refractivity contribution in [3.63, 3.8) is 0 Å². The minimum absolute atomic E-state index is 0.113. The second-order valence-electron chi connectivity index (χ2n) is 4.74. The van der Waals surface area contributed by atoms with Crippen LogP contribution in [0.5, 0.6) is 0 Å². The zero-order valence-corrected chi connectivity index (χ0v) is 12.9. The summed E-state index contributed by atoms with van der Waals surface area (Å²) >= 11 is 1.26. The lowest BCUT2D eigenvalue weighted by molar-refractivity contribution is 0.0987. The van der Waals surface area contributed by atoms with E-state index in [-0.39, 0.29) is 5.91 Å². The predicted octanol–water partition coefficient (Wildman–Crippen LogP) is 2.47. The predicted molar refractivity (Wildman–Crippen MR) is 81.9 cm³/mol. The van der Waals surface area contributed by atoms with Crippen LogP contribution in [-0.2, 0) is 0 Å². The average Bonchev–Trinajstić information content (AvgIpc) is 3.02.